The Bertz CT molecular complexity index is 1180. The number of rotatable bonds is 7. The number of hydrogen-bond acceptors (Lipinski definition) is 5. The number of carbonyl (C=O) groups is 1. The van der Waals surface area contributed by atoms with Gasteiger partial charge >= 0.3 is 15.5 Å². The van der Waals surface area contributed by atoms with Crippen LogP contribution in [0.5, 0.6) is 0 Å². The van der Waals surface area contributed by atoms with Gasteiger partial charge in [-0.25, -0.2) is 18.1 Å². The Labute approximate surface area is 185 Å². The van der Waals surface area contributed by atoms with E-state index < -0.39 is 22.1 Å². The average molecular weight is 490 g/mol. The molecule has 1 aromatic heterocycles. The van der Waals surface area contributed by atoms with Crippen molar-refractivity contribution in [2.45, 2.75) is 11.9 Å². The maximum atomic E-state index is 12.3. The smallest absolute Gasteiger partial charge is 0.322 e. The van der Waals surface area contributed by atoms with Crippen molar-refractivity contribution in [1.29, 1.82) is 0 Å². The predicted octanol–water partition coefficient (Wildman–Crippen LogP) is 4.70. The lowest BCUT2D eigenvalue weighted by Gasteiger charge is -2.08. The standard InChI is InChI=1S/C19H15ClF3N3O3S2/c20-15-4-2-1-3-14(15)18(27)26-13-7-5-12(6-8-13)16-11-24-17(30-16)9-10-25-31(28,29)19(21,22)23/h1-8,11,25H,9-10H2,(H,26,27). The van der Waals surface area contributed by atoms with Gasteiger partial charge in [0.25, 0.3) is 5.91 Å². The Balaban J connectivity index is 1.60. The Morgan fingerprint density at radius 3 is 2.42 bits per heavy atom. The second-order valence-electron chi connectivity index (χ2n) is 6.22. The van der Waals surface area contributed by atoms with Crippen LogP contribution in [-0.4, -0.2) is 31.4 Å². The van der Waals surface area contributed by atoms with E-state index in [0.29, 0.717) is 21.3 Å². The summed E-state index contributed by atoms with van der Waals surface area (Å²) >= 11 is 7.25. The Hall–Kier alpha value is -2.47. The van der Waals surface area contributed by atoms with Gasteiger partial charge in [0.1, 0.15) is 0 Å². The minimum atomic E-state index is -5.37. The highest BCUT2D eigenvalue weighted by molar-refractivity contribution is 7.90. The molecule has 1 amide bonds. The van der Waals surface area contributed by atoms with E-state index >= 15 is 0 Å². The van der Waals surface area contributed by atoms with Crippen LogP contribution in [0.3, 0.4) is 0 Å². The first-order valence-electron chi connectivity index (χ1n) is 8.74. The number of thiazole rings is 1. The van der Waals surface area contributed by atoms with Gasteiger partial charge in [0, 0.05) is 24.8 Å². The van der Waals surface area contributed by atoms with E-state index in [2.05, 4.69) is 10.3 Å². The minimum absolute atomic E-state index is 0.0198. The Morgan fingerprint density at radius 2 is 1.77 bits per heavy atom. The van der Waals surface area contributed by atoms with Gasteiger partial charge in [-0.2, -0.15) is 13.2 Å². The van der Waals surface area contributed by atoms with Gasteiger partial charge in [-0.3, -0.25) is 4.79 Å². The fourth-order valence-corrected chi connectivity index (χ4v) is 4.17. The number of nitrogens with one attached hydrogen (secondary N) is 2. The first kappa shape index (κ1) is 23.2. The number of alkyl halides is 3. The number of benzene rings is 2. The third-order valence-electron chi connectivity index (χ3n) is 4.03. The van der Waals surface area contributed by atoms with E-state index in [9.17, 15) is 26.4 Å². The number of anilines is 1. The van der Waals surface area contributed by atoms with Crippen molar-refractivity contribution in [2.75, 3.05) is 11.9 Å². The minimum Gasteiger partial charge on any atom is -0.322 e. The van der Waals surface area contributed by atoms with Crippen LogP contribution in [0.4, 0.5) is 18.9 Å². The van der Waals surface area contributed by atoms with Crippen molar-refractivity contribution >= 4 is 44.6 Å². The van der Waals surface area contributed by atoms with Gasteiger partial charge in [0.05, 0.1) is 20.5 Å². The molecular formula is C19H15ClF3N3O3S2. The molecule has 0 aliphatic heterocycles. The van der Waals surface area contributed by atoms with E-state index in [0.717, 1.165) is 10.4 Å². The Morgan fingerprint density at radius 1 is 1.10 bits per heavy atom. The summed E-state index contributed by atoms with van der Waals surface area (Å²) in [6.07, 6.45) is 1.57. The summed E-state index contributed by atoms with van der Waals surface area (Å²) in [6.45, 7) is -0.415. The monoisotopic (exact) mass is 489 g/mol. The van der Waals surface area contributed by atoms with Gasteiger partial charge < -0.3 is 5.32 Å². The van der Waals surface area contributed by atoms with Crippen LogP contribution < -0.4 is 10.0 Å². The van der Waals surface area contributed by atoms with Crippen molar-refractivity contribution in [3.8, 4) is 10.4 Å². The molecule has 164 valence electrons. The van der Waals surface area contributed by atoms with Gasteiger partial charge in [-0.05, 0) is 29.8 Å². The summed E-state index contributed by atoms with van der Waals surface area (Å²) < 4.78 is 60.4. The van der Waals surface area contributed by atoms with Gasteiger partial charge in [-0.15, -0.1) is 11.3 Å². The Kier molecular flexibility index (Phi) is 6.99. The highest BCUT2D eigenvalue weighted by atomic mass is 35.5. The molecule has 0 radical (unpaired) electrons. The predicted molar refractivity (Wildman–Crippen MR) is 114 cm³/mol. The summed E-state index contributed by atoms with van der Waals surface area (Å²) in [7, 11) is -5.37. The highest BCUT2D eigenvalue weighted by Gasteiger charge is 2.45. The molecule has 0 aliphatic rings. The van der Waals surface area contributed by atoms with Crippen LogP contribution >= 0.6 is 22.9 Å². The first-order chi connectivity index (χ1) is 14.6. The maximum Gasteiger partial charge on any atom is 0.511 e. The van der Waals surface area contributed by atoms with Gasteiger partial charge in [-0.1, -0.05) is 35.9 Å². The van der Waals surface area contributed by atoms with Gasteiger partial charge in [0.2, 0.25) is 0 Å². The van der Waals surface area contributed by atoms with Crippen LogP contribution in [0, 0.1) is 0 Å². The molecule has 12 heteroatoms. The van der Waals surface area contributed by atoms with E-state index in [1.54, 1.807) is 54.7 Å². The second-order valence-corrected chi connectivity index (χ2v) is 9.50. The number of nitrogens with zero attached hydrogens (tertiary/aromatic N) is 1. The number of hydrogen-bond donors (Lipinski definition) is 2. The topological polar surface area (TPSA) is 88.2 Å². The molecule has 0 aliphatic carbocycles. The quantitative estimate of drug-likeness (QED) is 0.503. The van der Waals surface area contributed by atoms with E-state index in [1.165, 1.54) is 16.1 Å². The zero-order chi connectivity index (χ0) is 22.6. The normalized spacial score (nSPS) is 12.0. The number of halogens is 4. The number of aromatic nitrogens is 1. The molecule has 6 nitrogen and oxygen atoms in total. The lowest BCUT2D eigenvalue weighted by molar-refractivity contribution is -0.0447. The molecule has 0 spiro atoms. The molecule has 31 heavy (non-hydrogen) atoms. The molecule has 0 atom stereocenters. The zero-order valence-corrected chi connectivity index (χ0v) is 18.0. The van der Waals surface area contributed by atoms with Gasteiger partial charge in [0.15, 0.2) is 0 Å². The number of amides is 1. The summed E-state index contributed by atoms with van der Waals surface area (Å²) in [5, 5.41) is 3.57. The van der Waals surface area contributed by atoms with Crippen LogP contribution in [0.2, 0.25) is 5.02 Å². The molecule has 0 unspecified atom stereocenters. The van der Waals surface area contributed by atoms with E-state index in [4.69, 9.17) is 11.6 Å². The summed E-state index contributed by atoms with van der Waals surface area (Å²) in [5.41, 5.74) is -3.65. The van der Waals surface area contributed by atoms with Crippen molar-refractivity contribution in [1.82, 2.24) is 9.71 Å². The van der Waals surface area contributed by atoms with Crippen LogP contribution in [-0.2, 0) is 16.4 Å². The lowest BCUT2D eigenvalue weighted by Crippen LogP contribution is -2.37. The van der Waals surface area contributed by atoms with E-state index in [1.807, 2.05) is 0 Å². The van der Waals surface area contributed by atoms with Crippen molar-refractivity contribution < 1.29 is 26.4 Å². The van der Waals surface area contributed by atoms with Crippen LogP contribution in [0.25, 0.3) is 10.4 Å². The first-order valence-corrected chi connectivity index (χ1v) is 11.4. The molecule has 3 rings (SSSR count). The summed E-state index contributed by atoms with van der Waals surface area (Å²) in [6, 6.07) is 13.6. The van der Waals surface area contributed by atoms with E-state index in [-0.39, 0.29) is 12.3 Å². The fraction of sp³-hybridized carbons (Fsp3) is 0.158. The maximum absolute atomic E-state index is 12.3. The summed E-state index contributed by atoms with van der Waals surface area (Å²) in [4.78, 5) is 17.2. The lowest BCUT2D eigenvalue weighted by atomic mass is 10.1. The zero-order valence-electron chi connectivity index (χ0n) is 15.6. The summed E-state index contributed by atoms with van der Waals surface area (Å²) in [5.74, 6) is -0.347. The third-order valence-corrected chi connectivity index (χ3v) is 6.66. The molecule has 0 bridgehead atoms. The number of sulfonamides is 1. The molecule has 2 aromatic carbocycles. The second kappa shape index (κ2) is 9.35. The molecular weight excluding hydrogens is 475 g/mol. The molecule has 3 aromatic rings. The van der Waals surface area contributed by atoms with Crippen molar-refractivity contribution in [3.05, 3.63) is 70.3 Å². The highest BCUT2D eigenvalue weighted by Crippen LogP contribution is 2.28. The average Bonchev–Trinajstić information content (AvgIpc) is 3.16. The molecule has 1 heterocycles. The third kappa shape index (κ3) is 5.82. The molecule has 0 saturated heterocycles. The van der Waals surface area contributed by atoms with Crippen molar-refractivity contribution in [2.24, 2.45) is 0 Å². The number of carbonyl (C=O) groups excluding carboxylic acids is 1. The molecule has 2 N–H and O–H groups in total. The SMILES string of the molecule is O=C(Nc1ccc(-c2cnc(CCNS(=O)(=O)C(F)(F)F)s2)cc1)c1ccccc1Cl. The van der Waals surface area contributed by atoms with Crippen LogP contribution in [0.1, 0.15) is 15.4 Å². The molecule has 0 fully saturated rings. The fourth-order valence-electron chi connectivity index (χ4n) is 2.50. The molecule has 0 saturated carbocycles. The van der Waals surface area contributed by atoms with Crippen molar-refractivity contribution in [3.63, 3.8) is 0 Å². The largest absolute Gasteiger partial charge is 0.511 e. The van der Waals surface area contributed by atoms with Crippen LogP contribution in [0.15, 0.2) is 54.7 Å².